The zero-order valence-corrected chi connectivity index (χ0v) is 14.5. The van der Waals surface area contributed by atoms with Crippen LogP contribution < -0.4 is 15.0 Å². The van der Waals surface area contributed by atoms with Gasteiger partial charge < -0.3 is 19.2 Å². The molecule has 136 valence electrons. The van der Waals surface area contributed by atoms with E-state index in [-0.39, 0.29) is 12.4 Å². The third kappa shape index (κ3) is 3.52. The van der Waals surface area contributed by atoms with Crippen LogP contribution in [0.25, 0.3) is 17.0 Å². The lowest BCUT2D eigenvalue weighted by Crippen LogP contribution is -2.16. The van der Waals surface area contributed by atoms with Gasteiger partial charge in [0.15, 0.2) is 23.4 Å². The van der Waals surface area contributed by atoms with Crippen LogP contribution in [0.15, 0.2) is 53.3 Å². The van der Waals surface area contributed by atoms with Crippen LogP contribution in [0.3, 0.4) is 0 Å². The molecule has 0 unspecified atom stereocenters. The lowest BCUT2D eigenvalue weighted by Gasteiger charge is -2.11. The number of aromatic amines is 1. The molecule has 0 radical (unpaired) electrons. The van der Waals surface area contributed by atoms with Crippen molar-refractivity contribution in [3.05, 3.63) is 70.3 Å². The summed E-state index contributed by atoms with van der Waals surface area (Å²) in [5.74, 6) is 1.06. The van der Waals surface area contributed by atoms with Gasteiger partial charge >= 0.3 is 5.97 Å². The molecule has 0 saturated heterocycles. The number of aromatic nitrogens is 2. The molecular formula is C20H16N2O5. The summed E-state index contributed by atoms with van der Waals surface area (Å²) >= 11 is 0. The molecule has 0 saturated carbocycles. The zero-order valence-electron chi connectivity index (χ0n) is 14.5. The maximum atomic E-state index is 12.1. The molecule has 2 aromatic carbocycles. The molecule has 0 bridgehead atoms. The Labute approximate surface area is 154 Å². The lowest BCUT2D eigenvalue weighted by molar-refractivity contribution is -0.142. The van der Waals surface area contributed by atoms with Crippen molar-refractivity contribution < 1.29 is 19.0 Å². The Morgan fingerprint density at radius 3 is 2.93 bits per heavy atom. The van der Waals surface area contributed by atoms with Crippen molar-refractivity contribution in [1.82, 2.24) is 9.97 Å². The molecule has 3 aromatic rings. The SMILES string of the molecule is C[C@@H](OC(=O)/C=C/c1ccc2c(c1)OCO2)c1nc2ccccc2c(=O)[nH]1. The maximum absolute atomic E-state index is 12.1. The number of rotatable bonds is 4. The van der Waals surface area contributed by atoms with Crippen molar-refractivity contribution in [3.8, 4) is 11.5 Å². The van der Waals surface area contributed by atoms with Crippen molar-refractivity contribution in [2.75, 3.05) is 6.79 Å². The Bertz CT molecular complexity index is 1100. The van der Waals surface area contributed by atoms with Crippen LogP contribution >= 0.6 is 0 Å². The minimum atomic E-state index is -0.698. The van der Waals surface area contributed by atoms with E-state index in [4.69, 9.17) is 14.2 Å². The fraction of sp³-hybridized carbons (Fsp3) is 0.150. The first-order chi connectivity index (χ1) is 13.1. The quantitative estimate of drug-likeness (QED) is 0.565. The summed E-state index contributed by atoms with van der Waals surface area (Å²) < 4.78 is 15.9. The fourth-order valence-corrected chi connectivity index (χ4v) is 2.75. The molecule has 1 aromatic heterocycles. The molecule has 7 heteroatoms. The van der Waals surface area contributed by atoms with E-state index in [1.54, 1.807) is 49.4 Å². The Morgan fingerprint density at radius 2 is 2.04 bits per heavy atom. The molecule has 7 nitrogen and oxygen atoms in total. The maximum Gasteiger partial charge on any atom is 0.331 e. The van der Waals surface area contributed by atoms with Gasteiger partial charge in [0, 0.05) is 6.08 Å². The Morgan fingerprint density at radius 1 is 1.22 bits per heavy atom. The fourth-order valence-electron chi connectivity index (χ4n) is 2.75. The van der Waals surface area contributed by atoms with Gasteiger partial charge in [-0.25, -0.2) is 9.78 Å². The molecule has 2 heterocycles. The summed E-state index contributed by atoms with van der Waals surface area (Å²) in [6, 6.07) is 12.4. The lowest BCUT2D eigenvalue weighted by atomic mass is 10.2. The highest BCUT2D eigenvalue weighted by Gasteiger charge is 2.15. The second-order valence-electron chi connectivity index (χ2n) is 5.99. The van der Waals surface area contributed by atoms with Crippen LogP contribution in [-0.2, 0) is 9.53 Å². The highest BCUT2D eigenvalue weighted by molar-refractivity contribution is 5.87. The summed E-state index contributed by atoms with van der Waals surface area (Å²) in [5.41, 5.74) is 1.06. The predicted octanol–water partition coefficient (Wildman–Crippen LogP) is 2.97. The number of ether oxygens (including phenoxy) is 3. The topological polar surface area (TPSA) is 90.5 Å². The zero-order chi connectivity index (χ0) is 18.8. The average Bonchev–Trinajstić information content (AvgIpc) is 3.14. The number of H-pyrrole nitrogens is 1. The minimum absolute atomic E-state index is 0.193. The van der Waals surface area contributed by atoms with Crippen LogP contribution in [0, 0.1) is 0 Å². The minimum Gasteiger partial charge on any atom is -0.454 e. The Hall–Kier alpha value is -3.61. The van der Waals surface area contributed by atoms with Gasteiger partial charge in [0.1, 0.15) is 0 Å². The van der Waals surface area contributed by atoms with E-state index in [0.717, 1.165) is 5.56 Å². The number of esters is 1. The number of carbonyl (C=O) groups excluding carboxylic acids is 1. The molecule has 0 fully saturated rings. The van der Waals surface area contributed by atoms with Gasteiger partial charge in [0.2, 0.25) is 6.79 Å². The van der Waals surface area contributed by atoms with Gasteiger partial charge in [-0.15, -0.1) is 0 Å². The van der Waals surface area contributed by atoms with Gasteiger partial charge in [0.05, 0.1) is 10.9 Å². The van der Waals surface area contributed by atoms with Crippen LogP contribution in [0.4, 0.5) is 0 Å². The molecular weight excluding hydrogens is 348 g/mol. The molecule has 0 amide bonds. The number of hydrogen-bond acceptors (Lipinski definition) is 6. The summed E-state index contributed by atoms with van der Waals surface area (Å²) in [5, 5.41) is 0.488. The van der Waals surface area contributed by atoms with Crippen molar-refractivity contribution in [2.45, 2.75) is 13.0 Å². The monoisotopic (exact) mass is 364 g/mol. The third-order valence-corrected chi connectivity index (χ3v) is 4.12. The molecule has 0 spiro atoms. The van der Waals surface area contributed by atoms with Crippen molar-refractivity contribution in [3.63, 3.8) is 0 Å². The van der Waals surface area contributed by atoms with Crippen LogP contribution in [0.5, 0.6) is 11.5 Å². The van der Waals surface area contributed by atoms with Crippen LogP contribution in [-0.4, -0.2) is 22.7 Å². The first-order valence-corrected chi connectivity index (χ1v) is 8.37. The van der Waals surface area contributed by atoms with Gasteiger partial charge in [-0.3, -0.25) is 4.79 Å². The predicted molar refractivity (Wildman–Crippen MR) is 98.5 cm³/mol. The van der Waals surface area contributed by atoms with Gasteiger partial charge in [-0.05, 0) is 42.8 Å². The normalized spacial score (nSPS) is 13.8. The molecule has 1 N–H and O–H groups in total. The number of benzene rings is 2. The smallest absolute Gasteiger partial charge is 0.331 e. The van der Waals surface area contributed by atoms with Crippen molar-refractivity contribution >= 4 is 22.9 Å². The largest absolute Gasteiger partial charge is 0.454 e. The second-order valence-corrected chi connectivity index (χ2v) is 5.99. The van der Waals surface area contributed by atoms with Gasteiger partial charge in [-0.2, -0.15) is 0 Å². The molecule has 1 aliphatic rings. The van der Waals surface area contributed by atoms with E-state index < -0.39 is 12.1 Å². The van der Waals surface area contributed by atoms with E-state index in [9.17, 15) is 9.59 Å². The number of fused-ring (bicyclic) bond motifs is 2. The van der Waals surface area contributed by atoms with Crippen LogP contribution in [0.1, 0.15) is 24.4 Å². The van der Waals surface area contributed by atoms with E-state index >= 15 is 0 Å². The number of nitrogens with one attached hydrogen (secondary N) is 1. The number of carbonyl (C=O) groups is 1. The van der Waals surface area contributed by atoms with E-state index in [1.807, 2.05) is 6.07 Å². The number of hydrogen-bond donors (Lipinski definition) is 1. The molecule has 1 aliphatic heterocycles. The highest BCUT2D eigenvalue weighted by atomic mass is 16.7. The Balaban J connectivity index is 1.47. The molecule has 4 rings (SSSR count). The highest BCUT2D eigenvalue weighted by Crippen LogP contribution is 2.32. The molecule has 0 aliphatic carbocycles. The van der Waals surface area contributed by atoms with E-state index in [0.29, 0.717) is 28.2 Å². The third-order valence-electron chi connectivity index (χ3n) is 4.12. The van der Waals surface area contributed by atoms with E-state index in [2.05, 4.69) is 9.97 Å². The van der Waals surface area contributed by atoms with Crippen LogP contribution in [0.2, 0.25) is 0 Å². The molecule has 1 atom stereocenters. The second kappa shape index (κ2) is 6.95. The first kappa shape index (κ1) is 16.8. The summed E-state index contributed by atoms with van der Waals surface area (Å²) in [6.07, 6.45) is 2.23. The standard InChI is InChI=1S/C20H16N2O5/c1-12(19-21-15-5-3-2-4-14(15)20(24)22-19)27-18(23)9-7-13-6-8-16-17(10-13)26-11-25-16/h2-10,12H,11H2,1H3,(H,21,22,24)/b9-7+/t12-/m1/s1. The Kier molecular flexibility index (Phi) is 4.33. The average molecular weight is 364 g/mol. The van der Waals surface area contributed by atoms with Gasteiger partial charge in [0.25, 0.3) is 5.56 Å². The van der Waals surface area contributed by atoms with Crippen molar-refractivity contribution in [1.29, 1.82) is 0 Å². The summed E-state index contributed by atoms with van der Waals surface area (Å²) in [4.78, 5) is 31.2. The van der Waals surface area contributed by atoms with E-state index in [1.165, 1.54) is 6.08 Å². The first-order valence-electron chi connectivity index (χ1n) is 8.37. The summed E-state index contributed by atoms with van der Waals surface area (Å²) in [6.45, 7) is 1.85. The number of nitrogens with zero attached hydrogens (tertiary/aromatic N) is 1. The van der Waals surface area contributed by atoms with Gasteiger partial charge in [-0.1, -0.05) is 18.2 Å². The summed E-state index contributed by atoms with van der Waals surface area (Å²) in [7, 11) is 0. The van der Waals surface area contributed by atoms with Crippen molar-refractivity contribution in [2.24, 2.45) is 0 Å². The number of para-hydroxylation sites is 1. The molecule has 27 heavy (non-hydrogen) atoms.